The molecular weight excluding hydrogens is 300 g/mol. The van der Waals surface area contributed by atoms with Crippen LogP contribution in [0.5, 0.6) is 0 Å². The van der Waals surface area contributed by atoms with Gasteiger partial charge in [0.1, 0.15) is 0 Å². The number of aliphatic hydroxyl groups excluding tert-OH is 1. The fourth-order valence-corrected chi connectivity index (χ4v) is 7.59. The molecule has 0 aromatic heterocycles. The van der Waals surface area contributed by atoms with E-state index in [1.807, 2.05) is 0 Å². The van der Waals surface area contributed by atoms with Crippen LogP contribution >= 0.6 is 0 Å². The molecule has 1 N–H and O–H groups in total. The maximum atomic E-state index is 12.6. The molecule has 3 heteroatoms. The van der Waals surface area contributed by atoms with Crippen molar-refractivity contribution in [3.05, 3.63) is 11.6 Å². The minimum atomic E-state index is -0.316. The third kappa shape index (κ3) is 1.97. The van der Waals surface area contributed by atoms with Gasteiger partial charge in [-0.25, -0.2) is 0 Å². The number of allylic oxidation sites excluding steroid dienone is 1. The van der Waals surface area contributed by atoms with E-state index in [0.717, 1.165) is 19.3 Å². The molecule has 6 atom stereocenters. The number of fused-ring (bicyclic) bond motifs is 2. The molecule has 5 rings (SSSR count). The predicted octanol–water partition coefficient (Wildman–Crippen LogP) is 4.10. The fourth-order valence-electron chi connectivity index (χ4n) is 7.59. The summed E-state index contributed by atoms with van der Waals surface area (Å²) < 4.78 is 5.23. The van der Waals surface area contributed by atoms with Gasteiger partial charge in [0.25, 0.3) is 0 Å². The van der Waals surface area contributed by atoms with Crippen LogP contribution in [0, 0.1) is 34.0 Å². The van der Waals surface area contributed by atoms with Crippen LogP contribution in [-0.4, -0.2) is 24.8 Å². The topological polar surface area (TPSA) is 46.5 Å². The number of esters is 1. The number of carbonyl (C=O) groups is 1. The molecule has 0 aromatic carbocycles. The predicted molar refractivity (Wildman–Crippen MR) is 93.2 cm³/mol. The molecule has 0 saturated heterocycles. The van der Waals surface area contributed by atoms with Gasteiger partial charge in [0, 0.05) is 0 Å². The van der Waals surface area contributed by atoms with E-state index in [1.165, 1.54) is 37.7 Å². The molecule has 0 aromatic rings. The van der Waals surface area contributed by atoms with Crippen molar-refractivity contribution < 1.29 is 14.6 Å². The molecule has 0 amide bonds. The van der Waals surface area contributed by atoms with Crippen LogP contribution in [0.3, 0.4) is 0 Å². The number of ether oxygens (including phenoxy) is 1. The van der Waals surface area contributed by atoms with Gasteiger partial charge in [-0.1, -0.05) is 19.4 Å². The van der Waals surface area contributed by atoms with Gasteiger partial charge in [0.15, 0.2) is 0 Å². The summed E-state index contributed by atoms with van der Waals surface area (Å²) in [5.41, 5.74) is 1.50. The Balaban J connectivity index is 1.74. The maximum Gasteiger partial charge on any atom is 0.311 e. The molecule has 3 saturated carbocycles. The summed E-state index contributed by atoms with van der Waals surface area (Å²) >= 11 is 0. The van der Waals surface area contributed by atoms with Crippen LogP contribution in [0.4, 0.5) is 0 Å². The van der Waals surface area contributed by atoms with Gasteiger partial charge < -0.3 is 9.84 Å². The van der Waals surface area contributed by atoms with Crippen molar-refractivity contribution >= 4 is 5.97 Å². The summed E-state index contributed by atoms with van der Waals surface area (Å²) in [6.45, 7) is 4.87. The number of aliphatic hydroxyl groups is 1. The second kappa shape index (κ2) is 5.33. The summed E-state index contributed by atoms with van der Waals surface area (Å²) in [6, 6.07) is 0. The largest absolute Gasteiger partial charge is 0.469 e. The van der Waals surface area contributed by atoms with Crippen molar-refractivity contribution in [2.75, 3.05) is 13.7 Å². The number of hydrogen-bond acceptors (Lipinski definition) is 3. The van der Waals surface area contributed by atoms with Gasteiger partial charge >= 0.3 is 5.97 Å². The Labute approximate surface area is 145 Å². The van der Waals surface area contributed by atoms with E-state index in [-0.39, 0.29) is 28.8 Å². The molecule has 5 aliphatic rings. The van der Waals surface area contributed by atoms with Gasteiger partial charge in [0.05, 0.1) is 19.1 Å². The zero-order chi connectivity index (χ0) is 17.2. The maximum absolute atomic E-state index is 12.6. The molecule has 0 radical (unpaired) electrons. The van der Waals surface area contributed by atoms with Gasteiger partial charge in [-0.2, -0.15) is 0 Å². The Bertz CT molecular complexity index is 582. The molecule has 1 spiro atoms. The lowest BCUT2D eigenvalue weighted by atomic mass is 9.38. The van der Waals surface area contributed by atoms with E-state index in [2.05, 4.69) is 19.9 Å². The Morgan fingerprint density at radius 3 is 2.67 bits per heavy atom. The number of methoxy groups -OCH3 is 1. The standard InChI is InChI=1S/C21H32O3/c1-19-7-4-8-20(2,18(23)24-3)16(19)6-10-21-9-5-14(11-17(19)21)15(12-21)13-22/h12,14,16-17,22H,4-11,13H2,1-3H3/t14-,16-,17-,19+,20+,21+/m0/s1. The number of carbonyl (C=O) groups excluding carboxylic acids is 1. The van der Waals surface area contributed by atoms with E-state index in [4.69, 9.17) is 4.74 Å². The molecule has 0 unspecified atom stereocenters. The highest BCUT2D eigenvalue weighted by Gasteiger charge is 2.64. The molecule has 134 valence electrons. The van der Waals surface area contributed by atoms with Crippen LogP contribution in [0.2, 0.25) is 0 Å². The van der Waals surface area contributed by atoms with Crippen LogP contribution in [-0.2, 0) is 9.53 Å². The molecule has 5 aliphatic carbocycles. The monoisotopic (exact) mass is 332 g/mol. The second-order valence-corrected chi connectivity index (χ2v) is 9.49. The lowest BCUT2D eigenvalue weighted by molar-refractivity contribution is -0.183. The van der Waals surface area contributed by atoms with Crippen molar-refractivity contribution in [2.45, 2.75) is 65.2 Å². The molecule has 3 fully saturated rings. The Hall–Kier alpha value is -0.830. The minimum Gasteiger partial charge on any atom is -0.469 e. The molecule has 24 heavy (non-hydrogen) atoms. The first kappa shape index (κ1) is 16.6. The van der Waals surface area contributed by atoms with E-state index < -0.39 is 0 Å². The van der Waals surface area contributed by atoms with Crippen molar-refractivity contribution in [3.63, 3.8) is 0 Å². The van der Waals surface area contributed by atoms with Crippen molar-refractivity contribution in [1.82, 2.24) is 0 Å². The average Bonchev–Trinajstić information content (AvgIpc) is 2.60. The van der Waals surface area contributed by atoms with Gasteiger partial charge in [-0.3, -0.25) is 4.79 Å². The lowest BCUT2D eigenvalue weighted by Crippen LogP contribution is -2.60. The summed E-state index contributed by atoms with van der Waals surface area (Å²) in [5.74, 6) is 1.68. The van der Waals surface area contributed by atoms with E-state index in [0.29, 0.717) is 17.8 Å². The minimum absolute atomic E-state index is 0.00179. The number of hydrogen-bond donors (Lipinski definition) is 1. The second-order valence-electron chi connectivity index (χ2n) is 9.49. The molecule has 3 nitrogen and oxygen atoms in total. The van der Waals surface area contributed by atoms with Gasteiger partial charge in [-0.05, 0) is 86.0 Å². The van der Waals surface area contributed by atoms with E-state index in [9.17, 15) is 9.90 Å². The fraction of sp³-hybridized carbons (Fsp3) is 0.857. The van der Waals surface area contributed by atoms with Crippen molar-refractivity contribution in [3.8, 4) is 0 Å². The summed E-state index contributed by atoms with van der Waals surface area (Å²) in [7, 11) is 1.54. The van der Waals surface area contributed by atoms with Crippen LogP contribution in [0.1, 0.15) is 65.2 Å². The first-order valence-electron chi connectivity index (χ1n) is 9.80. The zero-order valence-electron chi connectivity index (χ0n) is 15.4. The molecule has 0 aliphatic heterocycles. The summed E-state index contributed by atoms with van der Waals surface area (Å²) in [6.07, 6.45) is 11.9. The third-order valence-electron chi connectivity index (χ3n) is 8.68. The highest BCUT2D eigenvalue weighted by molar-refractivity contribution is 5.77. The molecular formula is C21H32O3. The summed E-state index contributed by atoms with van der Waals surface area (Å²) in [5, 5.41) is 9.75. The Morgan fingerprint density at radius 1 is 1.21 bits per heavy atom. The first-order valence-corrected chi connectivity index (χ1v) is 9.80. The SMILES string of the molecule is COC(=O)[C@]1(C)CCC[C@@]2(C)[C@@H]3C[C@@H]4CC[C@]3(C=C4CO)CC[C@@H]21. The van der Waals surface area contributed by atoms with Crippen molar-refractivity contribution in [2.24, 2.45) is 34.0 Å². The van der Waals surface area contributed by atoms with Crippen molar-refractivity contribution in [1.29, 1.82) is 0 Å². The van der Waals surface area contributed by atoms with Crippen LogP contribution < -0.4 is 0 Å². The zero-order valence-corrected chi connectivity index (χ0v) is 15.4. The van der Waals surface area contributed by atoms with E-state index >= 15 is 0 Å². The van der Waals surface area contributed by atoms with Crippen LogP contribution in [0.25, 0.3) is 0 Å². The smallest absolute Gasteiger partial charge is 0.311 e. The first-order chi connectivity index (χ1) is 11.4. The number of rotatable bonds is 2. The van der Waals surface area contributed by atoms with Gasteiger partial charge in [-0.15, -0.1) is 0 Å². The molecule has 0 heterocycles. The van der Waals surface area contributed by atoms with Crippen LogP contribution in [0.15, 0.2) is 11.6 Å². The summed E-state index contributed by atoms with van der Waals surface area (Å²) in [4.78, 5) is 12.6. The van der Waals surface area contributed by atoms with Gasteiger partial charge in [0.2, 0.25) is 0 Å². The normalized spacial score (nSPS) is 49.8. The quantitative estimate of drug-likeness (QED) is 0.612. The highest BCUT2D eigenvalue weighted by Crippen LogP contribution is 2.70. The molecule has 2 bridgehead atoms. The third-order valence-corrected chi connectivity index (χ3v) is 8.68. The highest BCUT2D eigenvalue weighted by atomic mass is 16.5. The average molecular weight is 332 g/mol. The Kier molecular flexibility index (Phi) is 3.69. The Morgan fingerprint density at radius 2 is 1.96 bits per heavy atom. The van der Waals surface area contributed by atoms with E-state index in [1.54, 1.807) is 7.11 Å². The lowest BCUT2D eigenvalue weighted by Gasteiger charge is -2.66.